The van der Waals surface area contributed by atoms with Crippen molar-refractivity contribution < 1.29 is 19.5 Å². The third-order valence-electron chi connectivity index (χ3n) is 6.69. The van der Waals surface area contributed by atoms with Gasteiger partial charge in [-0.05, 0) is 55.2 Å². The van der Waals surface area contributed by atoms with Crippen molar-refractivity contribution in [2.24, 2.45) is 11.8 Å². The molecular weight excluding hydrogens is 456 g/mol. The smallest absolute Gasteiger partial charge is 0.243 e. The molecule has 2 heterocycles. The molecule has 0 bridgehead atoms. The van der Waals surface area contributed by atoms with Crippen molar-refractivity contribution in [3.8, 4) is 23.7 Å². The Bertz CT molecular complexity index is 1100. The van der Waals surface area contributed by atoms with E-state index in [2.05, 4.69) is 39.6 Å². The number of hydrogen-bond donors (Lipinski definition) is 4. The Morgan fingerprint density at radius 1 is 1.11 bits per heavy atom. The van der Waals surface area contributed by atoms with Gasteiger partial charge in [0.2, 0.25) is 17.7 Å². The van der Waals surface area contributed by atoms with E-state index in [0.29, 0.717) is 31.8 Å². The number of amides is 3. The molecule has 1 aromatic rings. The fourth-order valence-electron chi connectivity index (χ4n) is 4.47. The van der Waals surface area contributed by atoms with Crippen molar-refractivity contribution in [2.45, 2.75) is 70.3 Å². The maximum absolute atomic E-state index is 13.1. The Hall–Kier alpha value is -3.33. The molecule has 3 fully saturated rings. The van der Waals surface area contributed by atoms with E-state index in [9.17, 15) is 19.5 Å². The summed E-state index contributed by atoms with van der Waals surface area (Å²) in [5, 5.41) is 18.6. The lowest BCUT2D eigenvalue weighted by atomic mass is 10.1. The largest absolute Gasteiger partial charge is 0.392 e. The number of rotatable bonds is 6. The van der Waals surface area contributed by atoms with E-state index >= 15 is 0 Å². The predicted octanol–water partition coefficient (Wildman–Crippen LogP) is 0.532. The minimum atomic E-state index is -0.650. The van der Waals surface area contributed by atoms with Crippen LogP contribution in [0.3, 0.4) is 0 Å². The highest BCUT2D eigenvalue weighted by Crippen LogP contribution is 2.27. The SMILES string of the molecule is CC(C)C(=O)N1C[C@H](NC(=O)[C@@H]2C[C@H](O)CN2)C[C@@H]1C(=O)NCc1ccc(C#CC#CC2CC2)cc1. The molecule has 8 heteroatoms. The molecule has 1 aromatic carbocycles. The van der Waals surface area contributed by atoms with Gasteiger partial charge in [0.15, 0.2) is 0 Å². The van der Waals surface area contributed by atoms with E-state index < -0.39 is 18.2 Å². The van der Waals surface area contributed by atoms with Gasteiger partial charge >= 0.3 is 0 Å². The van der Waals surface area contributed by atoms with Crippen molar-refractivity contribution in [1.29, 1.82) is 0 Å². The van der Waals surface area contributed by atoms with Gasteiger partial charge in [-0.15, -0.1) is 0 Å². The average Bonchev–Trinajstić information content (AvgIpc) is 3.43. The maximum Gasteiger partial charge on any atom is 0.243 e. The summed E-state index contributed by atoms with van der Waals surface area (Å²) >= 11 is 0. The number of benzene rings is 1. The van der Waals surface area contributed by atoms with Crippen LogP contribution in [-0.2, 0) is 20.9 Å². The van der Waals surface area contributed by atoms with E-state index in [1.54, 1.807) is 18.7 Å². The number of aliphatic hydroxyl groups excluding tert-OH is 1. The summed E-state index contributed by atoms with van der Waals surface area (Å²) < 4.78 is 0. The number of carbonyl (C=O) groups is 3. The zero-order chi connectivity index (χ0) is 25.7. The van der Waals surface area contributed by atoms with E-state index in [1.165, 1.54) is 12.8 Å². The average molecular weight is 491 g/mol. The van der Waals surface area contributed by atoms with Gasteiger partial charge in [-0.2, -0.15) is 0 Å². The lowest BCUT2D eigenvalue weighted by Gasteiger charge is -2.25. The van der Waals surface area contributed by atoms with Gasteiger partial charge in [0.05, 0.1) is 12.1 Å². The normalized spacial score (nSPS) is 24.9. The molecule has 4 atom stereocenters. The summed E-state index contributed by atoms with van der Waals surface area (Å²) in [6.45, 7) is 4.60. The van der Waals surface area contributed by atoms with Crippen LogP contribution in [0.1, 0.15) is 50.7 Å². The van der Waals surface area contributed by atoms with Crippen LogP contribution in [0.15, 0.2) is 24.3 Å². The zero-order valence-electron chi connectivity index (χ0n) is 20.8. The minimum Gasteiger partial charge on any atom is -0.392 e. The summed E-state index contributed by atoms with van der Waals surface area (Å²) in [7, 11) is 0. The molecule has 190 valence electrons. The maximum atomic E-state index is 13.1. The highest BCUT2D eigenvalue weighted by Gasteiger charge is 2.41. The van der Waals surface area contributed by atoms with Crippen molar-refractivity contribution in [2.75, 3.05) is 13.1 Å². The van der Waals surface area contributed by atoms with Crippen LogP contribution in [0.5, 0.6) is 0 Å². The lowest BCUT2D eigenvalue weighted by molar-refractivity contribution is -0.140. The molecule has 36 heavy (non-hydrogen) atoms. The number of carbonyl (C=O) groups excluding carboxylic acids is 3. The Labute approximate surface area is 212 Å². The fraction of sp³-hybridized carbons (Fsp3) is 0.536. The first-order valence-electron chi connectivity index (χ1n) is 12.7. The van der Waals surface area contributed by atoms with Gasteiger partial charge in [-0.3, -0.25) is 14.4 Å². The third-order valence-corrected chi connectivity index (χ3v) is 6.69. The van der Waals surface area contributed by atoms with Gasteiger partial charge in [0, 0.05) is 43.1 Å². The van der Waals surface area contributed by atoms with Crippen LogP contribution in [0.2, 0.25) is 0 Å². The van der Waals surface area contributed by atoms with Gasteiger partial charge in [0.1, 0.15) is 6.04 Å². The highest BCUT2D eigenvalue weighted by atomic mass is 16.3. The Kier molecular flexibility index (Phi) is 8.30. The molecule has 3 aliphatic rings. The van der Waals surface area contributed by atoms with Gasteiger partial charge in [0.25, 0.3) is 0 Å². The molecule has 4 rings (SSSR count). The van der Waals surface area contributed by atoms with Crippen molar-refractivity contribution in [3.63, 3.8) is 0 Å². The molecule has 4 N–H and O–H groups in total. The van der Waals surface area contributed by atoms with Crippen LogP contribution in [0, 0.1) is 35.5 Å². The fourth-order valence-corrected chi connectivity index (χ4v) is 4.47. The molecule has 0 spiro atoms. The molecule has 1 saturated carbocycles. The number of likely N-dealkylation sites (tertiary alicyclic amines) is 1. The summed E-state index contributed by atoms with van der Waals surface area (Å²) in [5.74, 6) is 11.6. The highest BCUT2D eigenvalue weighted by molar-refractivity contribution is 5.89. The molecule has 0 unspecified atom stereocenters. The number of β-amino-alcohol motifs (C(OH)–C–C–N with tert-alkyl or cyclic N) is 1. The molecule has 1 aliphatic carbocycles. The van der Waals surface area contributed by atoms with E-state index in [0.717, 1.165) is 11.1 Å². The van der Waals surface area contributed by atoms with Gasteiger partial charge < -0.3 is 26.0 Å². The minimum absolute atomic E-state index is 0.117. The summed E-state index contributed by atoms with van der Waals surface area (Å²) in [6, 6.07) is 6.19. The molecule has 3 amide bonds. The Morgan fingerprint density at radius 2 is 1.86 bits per heavy atom. The van der Waals surface area contributed by atoms with Crippen LogP contribution in [0.4, 0.5) is 0 Å². The van der Waals surface area contributed by atoms with Crippen molar-refractivity contribution in [1.82, 2.24) is 20.9 Å². The second kappa shape index (κ2) is 11.6. The Morgan fingerprint density at radius 3 is 2.50 bits per heavy atom. The first-order valence-corrected chi connectivity index (χ1v) is 12.7. The number of aliphatic hydroxyl groups is 1. The topological polar surface area (TPSA) is 111 Å². The van der Waals surface area contributed by atoms with Crippen molar-refractivity contribution in [3.05, 3.63) is 35.4 Å². The monoisotopic (exact) mass is 490 g/mol. The van der Waals surface area contributed by atoms with E-state index in [-0.39, 0.29) is 36.2 Å². The zero-order valence-corrected chi connectivity index (χ0v) is 20.8. The first kappa shape index (κ1) is 25.8. The summed E-state index contributed by atoms with van der Waals surface area (Å²) in [5.41, 5.74) is 1.79. The molecule has 0 aromatic heterocycles. The van der Waals surface area contributed by atoms with Crippen LogP contribution in [0.25, 0.3) is 0 Å². The molecule has 8 nitrogen and oxygen atoms in total. The third kappa shape index (κ3) is 6.87. The van der Waals surface area contributed by atoms with Gasteiger partial charge in [-0.1, -0.05) is 37.8 Å². The van der Waals surface area contributed by atoms with Crippen LogP contribution >= 0.6 is 0 Å². The number of hydrogen-bond acceptors (Lipinski definition) is 5. The first-order chi connectivity index (χ1) is 17.3. The number of nitrogens with one attached hydrogen (secondary N) is 3. The predicted molar refractivity (Wildman–Crippen MR) is 135 cm³/mol. The van der Waals surface area contributed by atoms with Gasteiger partial charge in [-0.25, -0.2) is 0 Å². The molecular formula is C28H34N4O4. The van der Waals surface area contributed by atoms with E-state index in [4.69, 9.17) is 0 Å². The molecule has 0 radical (unpaired) electrons. The molecule has 2 saturated heterocycles. The number of nitrogens with zero attached hydrogens (tertiary/aromatic N) is 1. The summed E-state index contributed by atoms with van der Waals surface area (Å²) in [6.07, 6.45) is 2.52. The standard InChI is InChI=1S/C28H34N4O4/c1-18(2)28(36)32-17-22(31-26(34)24-14-23(33)16-29-24)13-25(32)27(35)30-15-21-11-9-20(10-12-21)6-4-3-5-19-7-8-19/h9-12,18-19,22-25,29,33H,7-8,13-17H2,1-2H3,(H,30,35)(H,31,34)/t22-,23+,24+,25-/m1/s1. The molecule has 2 aliphatic heterocycles. The van der Waals surface area contributed by atoms with Crippen molar-refractivity contribution >= 4 is 17.7 Å². The Balaban J connectivity index is 1.32. The summed E-state index contributed by atoms with van der Waals surface area (Å²) in [4.78, 5) is 40.1. The van der Waals surface area contributed by atoms with E-state index in [1.807, 2.05) is 24.3 Å². The second-order valence-corrected chi connectivity index (χ2v) is 10.2. The second-order valence-electron chi connectivity index (χ2n) is 10.2. The quantitative estimate of drug-likeness (QED) is 0.435. The van der Waals surface area contributed by atoms with Crippen LogP contribution < -0.4 is 16.0 Å². The van der Waals surface area contributed by atoms with Crippen LogP contribution in [-0.4, -0.2) is 65.0 Å². The lowest BCUT2D eigenvalue weighted by Crippen LogP contribution is -2.47.